The summed E-state index contributed by atoms with van der Waals surface area (Å²) in [6.07, 6.45) is 6.74. The molecule has 0 N–H and O–H groups in total. The number of terminal acetylenes is 1. The Labute approximate surface area is 82.2 Å². The predicted octanol–water partition coefficient (Wildman–Crippen LogP) is 2.63. The van der Waals surface area contributed by atoms with Crippen LogP contribution in [0.3, 0.4) is 0 Å². The molecule has 0 aromatic heterocycles. The molecule has 0 fully saturated rings. The molecule has 0 atom stereocenters. The highest BCUT2D eigenvalue weighted by molar-refractivity contribution is 5.66. The van der Waals surface area contributed by atoms with Crippen LogP contribution >= 0.6 is 0 Å². The SMILES string of the molecule is C#C/C=C(\C)c1ccc([N+](=O)[O-])cc1. The molecule has 70 valence electrons. The first-order valence-corrected chi connectivity index (χ1v) is 4.03. The van der Waals surface area contributed by atoms with Gasteiger partial charge in [-0.3, -0.25) is 10.1 Å². The normalized spacial score (nSPS) is 10.7. The lowest BCUT2D eigenvalue weighted by atomic mass is 10.1. The Morgan fingerprint density at radius 1 is 1.50 bits per heavy atom. The topological polar surface area (TPSA) is 43.1 Å². The summed E-state index contributed by atoms with van der Waals surface area (Å²) in [4.78, 5) is 9.94. The summed E-state index contributed by atoms with van der Waals surface area (Å²) in [7, 11) is 0. The van der Waals surface area contributed by atoms with Crippen LogP contribution in [0.5, 0.6) is 0 Å². The Bertz CT molecular complexity index is 410. The number of hydrogen-bond acceptors (Lipinski definition) is 2. The summed E-state index contributed by atoms with van der Waals surface area (Å²) >= 11 is 0. The fourth-order valence-electron chi connectivity index (χ4n) is 1.05. The smallest absolute Gasteiger partial charge is 0.258 e. The summed E-state index contributed by atoms with van der Waals surface area (Å²) in [5.41, 5.74) is 1.90. The lowest BCUT2D eigenvalue weighted by Gasteiger charge is -1.98. The van der Waals surface area contributed by atoms with Crippen LogP contribution in [0.4, 0.5) is 5.69 Å². The molecule has 1 aromatic rings. The van der Waals surface area contributed by atoms with Crippen molar-refractivity contribution >= 4 is 11.3 Å². The zero-order valence-corrected chi connectivity index (χ0v) is 7.73. The molecule has 3 nitrogen and oxygen atoms in total. The third-order valence-electron chi connectivity index (χ3n) is 1.83. The number of nitro groups is 1. The van der Waals surface area contributed by atoms with E-state index in [1.165, 1.54) is 12.1 Å². The minimum Gasteiger partial charge on any atom is -0.258 e. The number of nitrogens with zero attached hydrogens (tertiary/aromatic N) is 1. The molecule has 0 aliphatic heterocycles. The van der Waals surface area contributed by atoms with Gasteiger partial charge in [-0.15, -0.1) is 6.42 Å². The molecule has 1 rings (SSSR count). The fraction of sp³-hybridized carbons (Fsp3) is 0.0909. The van der Waals surface area contributed by atoms with Crippen molar-refractivity contribution in [2.45, 2.75) is 6.92 Å². The Hall–Kier alpha value is -2.08. The van der Waals surface area contributed by atoms with Crippen LogP contribution in [0.25, 0.3) is 5.57 Å². The van der Waals surface area contributed by atoms with Gasteiger partial charge in [-0.05, 0) is 36.3 Å². The maximum Gasteiger partial charge on any atom is 0.269 e. The van der Waals surface area contributed by atoms with Gasteiger partial charge in [0, 0.05) is 12.1 Å². The van der Waals surface area contributed by atoms with Gasteiger partial charge in [-0.1, -0.05) is 5.92 Å². The van der Waals surface area contributed by atoms with Crippen LogP contribution < -0.4 is 0 Å². The van der Waals surface area contributed by atoms with E-state index in [1.807, 2.05) is 6.92 Å². The Morgan fingerprint density at radius 2 is 2.07 bits per heavy atom. The van der Waals surface area contributed by atoms with Crippen LogP contribution in [0, 0.1) is 22.5 Å². The van der Waals surface area contributed by atoms with Gasteiger partial charge >= 0.3 is 0 Å². The molecular weight excluding hydrogens is 178 g/mol. The van der Waals surface area contributed by atoms with E-state index in [4.69, 9.17) is 6.42 Å². The van der Waals surface area contributed by atoms with Crippen LogP contribution in [0.15, 0.2) is 30.3 Å². The maximum atomic E-state index is 10.4. The highest BCUT2D eigenvalue weighted by atomic mass is 16.6. The quantitative estimate of drug-likeness (QED) is 0.405. The van der Waals surface area contributed by atoms with Crippen molar-refractivity contribution in [3.63, 3.8) is 0 Å². The van der Waals surface area contributed by atoms with Crippen molar-refractivity contribution in [3.8, 4) is 12.3 Å². The van der Waals surface area contributed by atoms with E-state index in [2.05, 4.69) is 5.92 Å². The van der Waals surface area contributed by atoms with E-state index < -0.39 is 4.92 Å². The Morgan fingerprint density at radius 3 is 2.50 bits per heavy atom. The highest BCUT2D eigenvalue weighted by Crippen LogP contribution is 2.17. The molecule has 0 aliphatic carbocycles. The molecular formula is C11H9NO2. The predicted molar refractivity (Wildman–Crippen MR) is 55.6 cm³/mol. The van der Waals surface area contributed by atoms with Crippen LogP contribution in [-0.2, 0) is 0 Å². The molecule has 0 spiro atoms. The van der Waals surface area contributed by atoms with Crippen molar-refractivity contribution in [1.82, 2.24) is 0 Å². The van der Waals surface area contributed by atoms with Crippen molar-refractivity contribution in [1.29, 1.82) is 0 Å². The van der Waals surface area contributed by atoms with Gasteiger partial charge in [0.25, 0.3) is 5.69 Å². The summed E-state index contributed by atoms with van der Waals surface area (Å²) in [5.74, 6) is 2.41. The molecule has 0 heterocycles. The first-order chi connectivity index (χ1) is 6.65. The van der Waals surface area contributed by atoms with Crippen molar-refractivity contribution in [2.24, 2.45) is 0 Å². The van der Waals surface area contributed by atoms with Gasteiger partial charge in [0.2, 0.25) is 0 Å². The lowest BCUT2D eigenvalue weighted by Crippen LogP contribution is -1.87. The summed E-state index contributed by atoms with van der Waals surface area (Å²) in [5, 5.41) is 10.4. The second kappa shape index (κ2) is 4.24. The van der Waals surface area contributed by atoms with E-state index in [9.17, 15) is 10.1 Å². The van der Waals surface area contributed by atoms with Gasteiger partial charge in [0.05, 0.1) is 4.92 Å². The minimum absolute atomic E-state index is 0.0854. The number of rotatable bonds is 2. The van der Waals surface area contributed by atoms with E-state index in [1.54, 1.807) is 18.2 Å². The van der Waals surface area contributed by atoms with Gasteiger partial charge in [-0.25, -0.2) is 0 Å². The molecule has 0 bridgehead atoms. The number of nitro benzene ring substituents is 1. The zero-order chi connectivity index (χ0) is 10.6. The maximum absolute atomic E-state index is 10.4. The third-order valence-corrected chi connectivity index (χ3v) is 1.83. The Balaban J connectivity index is 3.01. The Kier molecular flexibility index (Phi) is 3.03. The fourth-order valence-corrected chi connectivity index (χ4v) is 1.05. The van der Waals surface area contributed by atoms with E-state index in [-0.39, 0.29) is 5.69 Å². The van der Waals surface area contributed by atoms with E-state index in [0.717, 1.165) is 11.1 Å². The average molecular weight is 187 g/mol. The number of allylic oxidation sites excluding steroid dienone is 2. The zero-order valence-electron chi connectivity index (χ0n) is 7.73. The van der Waals surface area contributed by atoms with Gasteiger partial charge in [0.1, 0.15) is 0 Å². The summed E-state index contributed by atoms with van der Waals surface area (Å²) in [6, 6.07) is 6.29. The number of hydrogen-bond donors (Lipinski definition) is 0. The average Bonchev–Trinajstić information content (AvgIpc) is 2.18. The highest BCUT2D eigenvalue weighted by Gasteiger charge is 2.03. The molecule has 0 amide bonds. The first kappa shape index (κ1) is 10.0. The number of non-ortho nitro benzene ring substituents is 1. The van der Waals surface area contributed by atoms with Crippen LogP contribution in [0.2, 0.25) is 0 Å². The molecule has 3 heteroatoms. The van der Waals surface area contributed by atoms with Crippen molar-refractivity contribution in [2.75, 3.05) is 0 Å². The second-order valence-corrected chi connectivity index (χ2v) is 2.80. The molecule has 1 aromatic carbocycles. The first-order valence-electron chi connectivity index (χ1n) is 4.03. The van der Waals surface area contributed by atoms with Gasteiger partial charge in [-0.2, -0.15) is 0 Å². The molecule has 0 saturated heterocycles. The molecule has 14 heavy (non-hydrogen) atoms. The van der Waals surface area contributed by atoms with Crippen LogP contribution in [-0.4, -0.2) is 4.92 Å². The monoisotopic (exact) mass is 187 g/mol. The van der Waals surface area contributed by atoms with Crippen molar-refractivity contribution < 1.29 is 4.92 Å². The van der Waals surface area contributed by atoms with Crippen LogP contribution in [0.1, 0.15) is 12.5 Å². The standard InChI is InChI=1S/C11H9NO2/c1-3-4-9(2)10-5-7-11(8-6-10)12(13)14/h1,4-8H,2H3/b9-4+. The largest absolute Gasteiger partial charge is 0.269 e. The molecule has 0 radical (unpaired) electrons. The molecule has 0 unspecified atom stereocenters. The van der Waals surface area contributed by atoms with E-state index >= 15 is 0 Å². The lowest BCUT2D eigenvalue weighted by molar-refractivity contribution is -0.384. The van der Waals surface area contributed by atoms with Gasteiger partial charge < -0.3 is 0 Å². The summed E-state index contributed by atoms with van der Waals surface area (Å²) in [6.45, 7) is 1.86. The molecule has 0 saturated carbocycles. The molecule has 0 aliphatic rings. The summed E-state index contributed by atoms with van der Waals surface area (Å²) < 4.78 is 0. The van der Waals surface area contributed by atoms with Gasteiger partial charge in [0.15, 0.2) is 0 Å². The third kappa shape index (κ3) is 2.20. The second-order valence-electron chi connectivity index (χ2n) is 2.80. The van der Waals surface area contributed by atoms with Crippen molar-refractivity contribution in [3.05, 3.63) is 46.0 Å². The minimum atomic E-state index is -0.427. The van der Waals surface area contributed by atoms with E-state index in [0.29, 0.717) is 0 Å². The number of benzene rings is 1.